The number of aromatic nitrogens is 1. The van der Waals surface area contributed by atoms with Crippen LogP contribution in [0.4, 0.5) is 5.82 Å². The number of benzene rings is 2. The summed E-state index contributed by atoms with van der Waals surface area (Å²) in [7, 11) is 0. The van der Waals surface area contributed by atoms with E-state index in [4.69, 9.17) is 15.2 Å². The number of pyridine rings is 1. The molecular weight excluding hydrogens is 452 g/mol. The summed E-state index contributed by atoms with van der Waals surface area (Å²) in [6.45, 7) is 11.8. The highest BCUT2D eigenvalue weighted by Gasteiger charge is 2.14. The van der Waals surface area contributed by atoms with Crippen LogP contribution >= 0.6 is 0 Å². The Kier molecular flexibility index (Phi) is 8.23. The number of carbonyl (C=O) groups excluding carboxylic acids is 1. The maximum atomic E-state index is 12.5. The first-order valence-corrected chi connectivity index (χ1v) is 12.5. The molecule has 3 aromatic rings. The summed E-state index contributed by atoms with van der Waals surface area (Å²) in [4.78, 5) is 19.1. The van der Waals surface area contributed by atoms with Crippen molar-refractivity contribution in [2.75, 3.05) is 45.1 Å². The molecule has 0 unspecified atom stereocenters. The predicted octanol–water partition coefficient (Wildman–Crippen LogP) is 4.27. The molecule has 1 fully saturated rings. The molecule has 0 atom stereocenters. The summed E-state index contributed by atoms with van der Waals surface area (Å²) in [6.07, 6.45) is 1.72. The molecule has 0 aliphatic carbocycles. The zero-order valence-electron chi connectivity index (χ0n) is 21.4. The summed E-state index contributed by atoms with van der Waals surface area (Å²) >= 11 is 0. The molecule has 4 rings (SSSR count). The summed E-state index contributed by atoms with van der Waals surface area (Å²) < 4.78 is 11.4. The smallest absolute Gasteiger partial charge is 0.251 e. The first-order chi connectivity index (χ1) is 17.3. The topological polar surface area (TPSA) is 89.7 Å². The van der Waals surface area contributed by atoms with Gasteiger partial charge in [0.15, 0.2) is 11.6 Å². The molecule has 1 saturated heterocycles. The van der Waals surface area contributed by atoms with E-state index in [0.29, 0.717) is 30.3 Å². The summed E-state index contributed by atoms with van der Waals surface area (Å²) in [5.41, 5.74) is 11.0. The maximum Gasteiger partial charge on any atom is 0.251 e. The van der Waals surface area contributed by atoms with Crippen LogP contribution in [-0.2, 0) is 16.8 Å². The van der Waals surface area contributed by atoms with Crippen LogP contribution < -0.4 is 15.8 Å². The Balaban J connectivity index is 1.34. The van der Waals surface area contributed by atoms with Crippen LogP contribution in [0.1, 0.15) is 42.3 Å². The quantitative estimate of drug-likeness (QED) is 0.492. The molecule has 0 bridgehead atoms. The molecule has 7 heteroatoms. The van der Waals surface area contributed by atoms with Gasteiger partial charge < -0.3 is 20.5 Å². The lowest BCUT2D eigenvalue weighted by molar-refractivity contribution is 0.0383. The van der Waals surface area contributed by atoms with E-state index in [1.807, 2.05) is 30.3 Å². The molecule has 3 N–H and O–H groups in total. The molecule has 0 radical (unpaired) electrons. The first-order valence-electron chi connectivity index (χ1n) is 12.5. The van der Waals surface area contributed by atoms with Gasteiger partial charge in [-0.1, -0.05) is 57.2 Å². The normalized spacial score (nSPS) is 14.4. The maximum absolute atomic E-state index is 12.5. The van der Waals surface area contributed by atoms with Gasteiger partial charge >= 0.3 is 0 Å². The number of carbonyl (C=O) groups is 1. The van der Waals surface area contributed by atoms with Crippen LogP contribution in [0.5, 0.6) is 5.75 Å². The number of ether oxygens (including phenoxy) is 2. The summed E-state index contributed by atoms with van der Waals surface area (Å²) in [5, 5.41) is 3.00. The second-order valence-electron chi connectivity index (χ2n) is 10.1. The van der Waals surface area contributed by atoms with Crippen molar-refractivity contribution in [1.29, 1.82) is 0 Å². The average molecular weight is 489 g/mol. The Morgan fingerprint density at radius 1 is 1.06 bits per heavy atom. The van der Waals surface area contributed by atoms with Gasteiger partial charge in [-0.05, 0) is 40.3 Å². The predicted molar refractivity (Wildman–Crippen MR) is 143 cm³/mol. The van der Waals surface area contributed by atoms with Gasteiger partial charge in [0.25, 0.3) is 5.91 Å². The SMILES string of the molecule is CC(C)(C)c1ccc(COc2cc(-c3ccc(C(=O)NCCN4CCOCC4)cc3)cnc2N)cc1. The van der Waals surface area contributed by atoms with Crippen molar-refractivity contribution >= 4 is 11.7 Å². The van der Waals surface area contributed by atoms with Gasteiger partial charge in [-0.25, -0.2) is 4.98 Å². The van der Waals surface area contributed by atoms with Crippen LogP contribution in [0.25, 0.3) is 11.1 Å². The van der Waals surface area contributed by atoms with Crippen LogP contribution in [0.3, 0.4) is 0 Å². The van der Waals surface area contributed by atoms with Crippen molar-refractivity contribution < 1.29 is 14.3 Å². The minimum absolute atomic E-state index is 0.0771. The van der Waals surface area contributed by atoms with Crippen LogP contribution in [-0.4, -0.2) is 55.2 Å². The van der Waals surface area contributed by atoms with E-state index in [1.54, 1.807) is 6.20 Å². The fourth-order valence-electron chi connectivity index (χ4n) is 4.06. The highest BCUT2D eigenvalue weighted by Crippen LogP contribution is 2.28. The highest BCUT2D eigenvalue weighted by atomic mass is 16.5. The lowest BCUT2D eigenvalue weighted by atomic mass is 9.87. The molecule has 7 nitrogen and oxygen atoms in total. The summed E-state index contributed by atoms with van der Waals surface area (Å²) in [5.74, 6) is 0.811. The third-order valence-corrected chi connectivity index (χ3v) is 6.39. The standard InChI is InChI=1S/C29H36N4O3/c1-29(2,3)25-10-4-21(5-11-25)20-36-26-18-24(19-32-27(26)30)22-6-8-23(9-7-22)28(34)31-12-13-33-14-16-35-17-15-33/h4-11,18-19H,12-17,20H2,1-3H3,(H2,30,32)(H,31,34). The van der Waals surface area contributed by atoms with Gasteiger partial charge in [0.1, 0.15) is 6.61 Å². The Hall–Kier alpha value is -3.42. The molecule has 190 valence electrons. The van der Waals surface area contributed by atoms with Gasteiger partial charge in [-0.2, -0.15) is 0 Å². The fourth-order valence-corrected chi connectivity index (χ4v) is 4.06. The lowest BCUT2D eigenvalue weighted by Gasteiger charge is -2.26. The lowest BCUT2D eigenvalue weighted by Crippen LogP contribution is -2.41. The Labute approximate surface area is 213 Å². The molecular formula is C29H36N4O3. The first kappa shape index (κ1) is 25.7. The number of hydrogen-bond donors (Lipinski definition) is 2. The van der Waals surface area contributed by atoms with Crippen molar-refractivity contribution in [3.63, 3.8) is 0 Å². The van der Waals surface area contributed by atoms with Crippen molar-refractivity contribution in [3.05, 3.63) is 77.5 Å². The van der Waals surface area contributed by atoms with E-state index in [0.717, 1.165) is 49.5 Å². The molecule has 0 saturated carbocycles. The third kappa shape index (κ3) is 6.83. The molecule has 1 amide bonds. The number of nitrogens with zero attached hydrogens (tertiary/aromatic N) is 2. The molecule has 36 heavy (non-hydrogen) atoms. The number of hydrogen-bond acceptors (Lipinski definition) is 6. The van der Waals surface area contributed by atoms with Gasteiger partial charge in [-0.15, -0.1) is 0 Å². The van der Waals surface area contributed by atoms with E-state index < -0.39 is 0 Å². The molecule has 2 aromatic carbocycles. The Morgan fingerprint density at radius 3 is 2.42 bits per heavy atom. The second kappa shape index (κ2) is 11.5. The highest BCUT2D eigenvalue weighted by molar-refractivity contribution is 5.94. The van der Waals surface area contributed by atoms with E-state index in [-0.39, 0.29) is 11.3 Å². The Morgan fingerprint density at radius 2 is 1.75 bits per heavy atom. The van der Waals surface area contributed by atoms with Crippen LogP contribution in [0.15, 0.2) is 60.8 Å². The second-order valence-corrected chi connectivity index (χ2v) is 10.1. The average Bonchev–Trinajstić information content (AvgIpc) is 2.88. The van der Waals surface area contributed by atoms with Crippen molar-refractivity contribution in [2.45, 2.75) is 32.8 Å². The summed E-state index contributed by atoms with van der Waals surface area (Å²) in [6, 6.07) is 17.8. The minimum Gasteiger partial charge on any atom is -0.485 e. The largest absolute Gasteiger partial charge is 0.485 e. The van der Waals surface area contributed by atoms with Gasteiger partial charge in [-0.3, -0.25) is 9.69 Å². The number of morpholine rings is 1. The number of rotatable bonds is 8. The molecule has 2 heterocycles. The number of nitrogens with one attached hydrogen (secondary N) is 1. The monoisotopic (exact) mass is 488 g/mol. The van der Waals surface area contributed by atoms with E-state index in [2.05, 4.69) is 60.2 Å². The third-order valence-electron chi connectivity index (χ3n) is 6.39. The van der Waals surface area contributed by atoms with Gasteiger partial charge in [0.05, 0.1) is 13.2 Å². The molecule has 1 aromatic heterocycles. The molecule has 1 aliphatic heterocycles. The zero-order chi connectivity index (χ0) is 25.5. The Bertz CT molecular complexity index is 1150. The minimum atomic E-state index is -0.0771. The molecule has 1 aliphatic rings. The number of anilines is 1. The number of amides is 1. The van der Waals surface area contributed by atoms with E-state index >= 15 is 0 Å². The molecule has 0 spiro atoms. The van der Waals surface area contributed by atoms with Crippen LogP contribution in [0.2, 0.25) is 0 Å². The number of nitrogen functional groups attached to an aromatic ring is 1. The van der Waals surface area contributed by atoms with Crippen molar-refractivity contribution in [2.24, 2.45) is 0 Å². The van der Waals surface area contributed by atoms with Crippen LogP contribution in [0, 0.1) is 0 Å². The van der Waals surface area contributed by atoms with Crippen molar-refractivity contribution in [3.8, 4) is 16.9 Å². The van der Waals surface area contributed by atoms with Gasteiger partial charge in [0.2, 0.25) is 0 Å². The van der Waals surface area contributed by atoms with Crippen molar-refractivity contribution in [1.82, 2.24) is 15.2 Å². The zero-order valence-corrected chi connectivity index (χ0v) is 21.4. The van der Waals surface area contributed by atoms with E-state index in [1.165, 1.54) is 5.56 Å². The van der Waals surface area contributed by atoms with E-state index in [9.17, 15) is 4.79 Å². The van der Waals surface area contributed by atoms with Gasteiger partial charge in [0, 0.05) is 43.5 Å². The fraction of sp³-hybridized carbons (Fsp3) is 0.379. The number of nitrogens with two attached hydrogens (primary N) is 1.